The number of rotatable bonds is 5. The summed E-state index contributed by atoms with van der Waals surface area (Å²) in [5.41, 5.74) is 1.37. The Balaban J connectivity index is 2.83. The quantitative estimate of drug-likeness (QED) is 0.820. The first-order chi connectivity index (χ1) is 7.52. The third-order valence-electron chi connectivity index (χ3n) is 2.77. The van der Waals surface area contributed by atoms with Crippen molar-refractivity contribution in [2.24, 2.45) is 0 Å². The first-order valence-corrected chi connectivity index (χ1v) is 5.99. The van der Waals surface area contributed by atoms with Gasteiger partial charge in [-0.2, -0.15) is 0 Å². The number of nitrogens with one attached hydrogen (secondary N) is 1. The fraction of sp³-hybridized carbons (Fsp3) is 0.571. The zero-order valence-electron chi connectivity index (χ0n) is 11.1. The second kappa shape index (κ2) is 6.02. The first kappa shape index (κ1) is 13.2. The molecule has 1 aromatic rings. The molecule has 1 N–H and O–H groups in total. The van der Waals surface area contributed by atoms with E-state index < -0.39 is 0 Å². The van der Waals surface area contributed by atoms with Crippen LogP contribution in [0.3, 0.4) is 0 Å². The number of hydrogen-bond donors (Lipinski definition) is 1. The van der Waals surface area contributed by atoms with E-state index in [1.165, 1.54) is 5.56 Å². The van der Waals surface area contributed by atoms with E-state index in [4.69, 9.17) is 0 Å². The van der Waals surface area contributed by atoms with Crippen LogP contribution >= 0.6 is 0 Å². The second-order valence-electron chi connectivity index (χ2n) is 4.93. The molecule has 0 aliphatic rings. The molecule has 2 heteroatoms. The van der Waals surface area contributed by atoms with Crippen molar-refractivity contribution in [2.75, 3.05) is 14.1 Å². The van der Waals surface area contributed by atoms with Crippen molar-refractivity contribution in [1.82, 2.24) is 10.2 Å². The molecule has 2 atom stereocenters. The molecule has 0 radical (unpaired) electrons. The molecule has 0 amide bonds. The summed E-state index contributed by atoms with van der Waals surface area (Å²) >= 11 is 0. The molecule has 0 fully saturated rings. The van der Waals surface area contributed by atoms with Gasteiger partial charge in [0.1, 0.15) is 0 Å². The van der Waals surface area contributed by atoms with Crippen LogP contribution in [0.25, 0.3) is 0 Å². The van der Waals surface area contributed by atoms with Gasteiger partial charge in [-0.05, 0) is 26.6 Å². The van der Waals surface area contributed by atoms with Crippen LogP contribution in [-0.4, -0.2) is 31.1 Å². The highest BCUT2D eigenvalue weighted by Gasteiger charge is 2.21. The van der Waals surface area contributed by atoms with Gasteiger partial charge in [-0.3, -0.25) is 0 Å². The molecule has 0 heterocycles. The highest BCUT2D eigenvalue weighted by atomic mass is 15.1. The molecule has 0 saturated carbocycles. The second-order valence-corrected chi connectivity index (χ2v) is 4.93. The van der Waals surface area contributed by atoms with Gasteiger partial charge >= 0.3 is 0 Å². The van der Waals surface area contributed by atoms with Crippen molar-refractivity contribution in [2.45, 2.75) is 38.9 Å². The fourth-order valence-corrected chi connectivity index (χ4v) is 2.30. The van der Waals surface area contributed by atoms with Gasteiger partial charge in [0.2, 0.25) is 0 Å². The summed E-state index contributed by atoms with van der Waals surface area (Å²) in [6, 6.07) is 12.0. The molecular formula is C14H24N2. The average molecular weight is 220 g/mol. The van der Waals surface area contributed by atoms with Gasteiger partial charge in [-0.25, -0.2) is 0 Å². The van der Waals surface area contributed by atoms with Gasteiger partial charge in [-0.1, -0.05) is 44.2 Å². The summed E-state index contributed by atoms with van der Waals surface area (Å²) in [5.74, 6) is 0. The predicted molar refractivity (Wildman–Crippen MR) is 70.6 cm³/mol. The van der Waals surface area contributed by atoms with Crippen LogP contribution in [-0.2, 0) is 0 Å². The van der Waals surface area contributed by atoms with E-state index in [0.717, 1.165) is 0 Å². The van der Waals surface area contributed by atoms with Crippen LogP contribution < -0.4 is 5.32 Å². The van der Waals surface area contributed by atoms with Gasteiger partial charge in [0.25, 0.3) is 0 Å². The summed E-state index contributed by atoms with van der Waals surface area (Å²) in [6.07, 6.45) is 0. The molecule has 0 spiro atoms. The number of benzene rings is 1. The molecule has 90 valence electrons. The monoisotopic (exact) mass is 220 g/mol. The van der Waals surface area contributed by atoms with Crippen LogP contribution in [0.2, 0.25) is 0 Å². The summed E-state index contributed by atoms with van der Waals surface area (Å²) in [6.45, 7) is 6.63. The SMILES string of the molecule is CC(C)N[C@H](C)[C@@H](c1ccccc1)N(C)C. The lowest BCUT2D eigenvalue weighted by atomic mass is 9.99. The molecule has 0 bridgehead atoms. The maximum absolute atomic E-state index is 3.58. The van der Waals surface area contributed by atoms with E-state index >= 15 is 0 Å². The van der Waals surface area contributed by atoms with E-state index in [9.17, 15) is 0 Å². The maximum Gasteiger partial charge on any atom is 0.0493 e. The van der Waals surface area contributed by atoms with Crippen LogP contribution in [0, 0.1) is 0 Å². The van der Waals surface area contributed by atoms with Crippen LogP contribution in [0.1, 0.15) is 32.4 Å². The summed E-state index contributed by atoms with van der Waals surface area (Å²) in [7, 11) is 4.27. The van der Waals surface area contributed by atoms with E-state index in [0.29, 0.717) is 18.1 Å². The van der Waals surface area contributed by atoms with Gasteiger partial charge in [0.15, 0.2) is 0 Å². The molecule has 0 unspecified atom stereocenters. The zero-order valence-corrected chi connectivity index (χ0v) is 11.1. The Bertz CT molecular complexity index is 293. The predicted octanol–water partition coefficient (Wildman–Crippen LogP) is 2.68. The maximum atomic E-state index is 3.58. The molecule has 0 aliphatic carbocycles. The minimum atomic E-state index is 0.420. The van der Waals surface area contributed by atoms with Gasteiger partial charge in [0, 0.05) is 18.1 Å². The molecule has 0 saturated heterocycles. The smallest absolute Gasteiger partial charge is 0.0493 e. The van der Waals surface area contributed by atoms with Gasteiger partial charge < -0.3 is 10.2 Å². The summed E-state index contributed by atoms with van der Waals surface area (Å²) in [4.78, 5) is 2.27. The molecular weight excluding hydrogens is 196 g/mol. The lowest BCUT2D eigenvalue weighted by Gasteiger charge is -2.32. The lowest BCUT2D eigenvalue weighted by Crippen LogP contribution is -2.42. The molecule has 1 aromatic carbocycles. The van der Waals surface area contributed by atoms with Crippen molar-refractivity contribution in [1.29, 1.82) is 0 Å². The van der Waals surface area contributed by atoms with Gasteiger partial charge in [0.05, 0.1) is 0 Å². The molecule has 0 aromatic heterocycles. The van der Waals surface area contributed by atoms with Crippen molar-refractivity contribution in [3.63, 3.8) is 0 Å². The van der Waals surface area contributed by atoms with Crippen LogP contribution in [0.15, 0.2) is 30.3 Å². The third kappa shape index (κ3) is 3.62. The third-order valence-corrected chi connectivity index (χ3v) is 2.77. The van der Waals surface area contributed by atoms with E-state index in [2.05, 4.69) is 75.4 Å². The van der Waals surface area contributed by atoms with Crippen LogP contribution in [0.4, 0.5) is 0 Å². The number of likely N-dealkylation sites (N-methyl/N-ethyl adjacent to an activating group) is 1. The van der Waals surface area contributed by atoms with E-state index in [1.807, 2.05) is 0 Å². The highest BCUT2D eigenvalue weighted by Crippen LogP contribution is 2.21. The molecule has 0 aliphatic heterocycles. The number of hydrogen-bond acceptors (Lipinski definition) is 2. The Kier molecular flexibility index (Phi) is 4.97. The Morgan fingerprint density at radius 1 is 1.00 bits per heavy atom. The highest BCUT2D eigenvalue weighted by molar-refractivity contribution is 5.20. The number of nitrogens with zero attached hydrogens (tertiary/aromatic N) is 1. The molecule has 16 heavy (non-hydrogen) atoms. The molecule has 1 rings (SSSR count). The standard InChI is InChI=1S/C14H24N2/c1-11(2)15-12(3)14(16(4)5)13-9-7-6-8-10-13/h6-12,14-15H,1-5H3/t12-,14+/m1/s1. The van der Waals surface area contributed by atoms with Gasteiger partial charge in [-0.15, -0.1) is 0 Å². The van der Waals surface area contributed by atoms with Crippen molar-refractivity contribution in [3.8, 4) is 0 Å². The van der Waals surface area contributed by atoms with E-state index in [1.54, 1.807) is 0 Å². The Morgan fingerprint density at radius 3 is 2.00 bits per heavy atom. The largest absolute Gasteiger partial charge is 0.310 e. The topological polar surface area (TPSA) is 15.3 Å². The normalized spacial score (nSPS) is 15.4. The zero-order chi connectivity index (χ0) is 12.1. The first-order valence-electron chi connectivity index (χ1n) is 5.99. The Morgan fingerprint density at radius 2 is 1.56 bits per heavy atom. The fourth-order valence-electron chi connectivity index (χ4n) is 2.30. The minimum Gasteiger partial charge on any atom is -0.310 e. The van der Waals surface area contributed by atoms with Crippen molar-refractivity contribution < 1.29 is 0 Å². The Labute approximate surface area is 99.7 Å². The minimum absolute atomic E-state index is 0.420. The van der Waals surface area contributed by atoms with E-state index in [-0.39, 0.29) is 0 Å². The Hall–Kier alpha value is -0.860. The van der Waals surface area contributed by atoms with Crippen LogP contribution in [0.5, 0.6) is 0 Å². The average Bonchev–Trinajstić information content (AvgIpc) is 2.17. The lowest BCUT2D eigenvalue weighted by molar-refractivity contribution is 0.233. The summed E-state index contributed by atoms with van der Waals surface area (Å²) < 4.78 is 0. The molecule has 2 nitrogen and oxygen atoms in total. The summed E-state index contributed by atoms with van der Waals surface area (Å²) in [5, 5.41) is 3.58. The van der Waals surface area contributed by atoms with Crippen molar-refractivity contribution in [3.05, 3.63) is 35.9 Å². The van der Waals surface area contributed by atoms with Crippen molar-refractivity contribution >= 4 is 0 Å².